The second-order valence-corrected chi connectivity index (χ2v) is 6.25. The lowest BCUT2D eigenvalue weighted by Gasteiger charge is -2.10. The minimum atomic E-state index is -3.42. The van der Waals surface area contributed by atoms with Crippen molar-refractivity contribution in [2.75, 3.05) is 11.8 Å². The summed E-state index contributed by atoms with van der Waals surface area (Å²) in [4.78, 5) is 0. The summed E-state index contributed by atoms with van der Waals surface area (Å²) in [5, 5.41) is 0. The lowest BCUT2D eigenvalue weighted by Crippen LogP contribution is -2.15. The van der Waals surface area contributed by atoms with E-state index in [4.69, 9.17) is 4.74 Å². The first-order valence-electron chi connectivity index (χ1n) is 6.19. The van der Waals surface area contributed by atoms with Gasteiger partial charge in [-0.05, 0) is 36.2 Å². The maximum atomic E-state index is 12.1. The van der Waals surface area contributed by atoms with Crippen molar-refractivity contribution < 1.29 is 13.2 Å². The van der Waals surface area contributed by atoms with Gasteiger partial charge in [0.05, 0.1) is 18.6 Å². The highest BCUT2D eigenvalue weighted by atomic mass is 32.2. The lowest BCUT2D eigenvalue weighted by atomic mass is 10.2. The van der Waals surface area contributed by atoms with Gasteiger partial charge < -0.3 is 4.74 Å². The van der Waals surface area contributed by atoms with Crippen LogP contribution in [0.2, 0.25) is 0 Å². The predicted octanol–water partition coefficient (Wildman–Crippen LogP) is 2.95. The van der Waals surface area contributed by atoms with Crippen molar-refractivity contribution in [2.45, 2.75) is 12.7 Å². The van der Waals surface area contributed by atoms with E-state index in [2.05, 4.69) is 4.72 Å². The van der Waals surface area contributed by atoms with E-state index >= 15 is 0 Å². The van der Waals surface area contributed by atoms with E-state index in [9.17, 15) is 8.42 Å². The Bertz CT molecular complexity index is 679. The Balaban J connectivity index is 2.13. The average Bonchev–Trinajstić information content (AvgIpc) is 2.41. The van der Waals surface area contributed by atoms with Gasteiger partial charge in [0.25, 0.3) is 0 Å². The molecule has 0 aliphatic rings. The first-order chi connectivity index (χ1) is 9.50. The molecule has 0 fully saturated rings. The first-order valence-corrected chi connectivity index (χ1v) is 7.84. The average molecular weight is 291 g/mol. The molecule has 0 saturated heterocycles. The SMILES string of the molecule is COc1ccc(CS(=O)(=O)Nc2ccccc2C)cc1. The van der Waals surface area contributed by atoms with Gasteiger partial charge in [-0.2, -0.15) is 0 Å². The summed E-state index contributed by atoms with van der Waals surface area (Å²) in [6, 6.07) is 14.3. The molecular weight excluding hydrogens is 274 g/mol. The molecule has 20 heavy (non-hydrogen) atoms. The molecular formula is C15H17NO3S. The van der Waals surface area contributed by atoms with E-state index in [1.165, 1.54) is 0 Å². The van der Waals surface area contributed by atoms with E-state index < -0.39 is 10.0 Å². The van der Waals surface area contributed by atoms with Crippen LogP contribution in [0.15, 0.2) is 48.5 Å². The number of aryl methyl sites for hydroxylation is 1. The summed E-state index contributed by atoms with van der Waals surface area (Å²) in [6.07, 6.45) is 0. The number of para-hydroxylation sites is 1. The third-order valence-corrected chi connectivity index (χ3v) is 4.17. The van der Waals surface area contributed by atoms with Crippen LogP contribution in [0.5, 0.6) is 5.75 Å². The quantitative estimate of drug-likeness (QED) is 0.921. The number of nitrogens with one attached hydrogen (secondary N) is 1. The summed E-state index contributed by atoms with van der Waals surface area (Å²) < 4.78 is 31.9. The largest absolute Gasteiger partial charge is 0.497 e. The number of benzene rings is 2. The van der Waals surface area contributed by atoms with Crippen molar-refractivity contribution in [3.63, 3.8) is 0 Å². The van der Waals surface area contributed by atoms with Gasteiger partial charge in [0.15, 0.2) is 0 Å². The molecule has 0 spiro atoms. The molecule has 106 valence electrons. The molecule has 2 aromatic carbocycles. The smallest absolute Gasteiger partial charge is 0.236 e. The molecule has 0 saturated carbocycles. The molecule has 2 rings (SSSR count). The van der Waals surface area contributed by atoms with Crippen LogP contribution in [0.25, 0.3) is 0 Å². The van der Waals surface area contributed by atoms with Crippen molar-refractivity contribution in [1.29, 1.82) is 0 Å². The van der Waals surface area contributed by atoms with Crippen molar-refractivity contribution in [1.82, 2.24) is 0 Å². The zero-order valence-electron chi connectivity index (χ0n) is 11.5. The molecule has 1 N–H and O–H groups in total. The number of ether oxygens (including phenoxy) is 1. The zero-order valence-corrected chi connectivity index (χ0v) is 12.3. The van der Waals surface area contributed by atoms with Crippen LogP contribution in [0.1, 0.15) is 11.1 Å². The van der Waals surface area contributed by atoms with Crippen LogP contribution >= 0.6 is 0 Å². The Morgan fingerprint density at radius 2 is 1.70 bits per heavy atom. The van der Waals surface area contributed by atoms with Crippen molar-refractivity contribution in [3.05, 3.63) is 59.7 Å². The topological polar surface area (TPSA) is 55.4 Å². The van der Waals surface area contributed by atoms with Crippen LogP contribution in [0.3, 0.4) is 0 Å². The van der Waals surface area contributed by atoms with Gasteiger partial charge in [0.1, 0.15) is 5.75 Å². The number of hydrogen-bond donors (Lipinski definition) is 1. The van der Waals surface area contributed by atoms with Gasteiger partial charge in [-0.3, -0.25) is 4.72 Å². The molecule has 0 radical (unpaired) electrons. The minimum Gasteiger partial charge on any atom is -0.497 e. The highest BCUT2D eigenvalue weighted by Crippen LogP contribution is 2.18. The second kappa shape index (κ2) is 5.96. The molecule has 0 aliphatic heterocycles. The minimum absolute atomic E-state index is 0.0642. The zero-order chi connectivity index (χ0) is 14.6. The van der Waals surface area contributed by atoms with E-state index in [0.717, 1.165) is 5.56 Å². The third-order valence-electron chi connectivity index (χ3n) is 2.93. The standard InChI is InChI=1S/C15H17NO3S/c1-12-5-3-4-6-15(12)16-20(17,18)11-13-7-9-14(19-2)10-8-13/h3-10,16H,11H2,1-2H3. The predicted molar refractivity (Wildman–Crippen MR) is 80.4 cm³/mol. The maximum absolute atomic E-state index is 12.1. The van der Waals surface area contributed by atoms with E-state index in [-0.39, 0.29) is 5.75 Å². The fourth-order valence-corrected chi connectivity index (χ4v) is 3.10. The van der Waals surface area contributed by atoms with Gasteiger partial charge in [-0.15, -0.1) is 0 Å². The summed E-state index contributed by atoms with van der Waals surface area (Å²) >= 11 is 0. The van der Waals surface area contributed by atoms with Crippen LogP contribution in [-0.2, 0) is 15.8 Å². The molecule has 0 unspecified atom stereocenters. The number of anilines is 1. The highest BCUT2D eigenvalue weighted by Gasteiger charge is 2.12. The Kier molecular flexibility index (Phi) is 4.29. The van der Waals surface area contributed by atoms with Crippen LogP contribution in [-0.4, -0.2) is 15.5 Å². The molecule has 0 aromatic heterocycles. The van der Waals surface area contributed by atoms with Crippen molar-refractivity contribution in [3.8, 4) is 5.75 Å². The molecule has 0 heterocycles. The van der Waals surface area contributed by atoms with Gasteiger partial charge in [0.2, 0.25) is 10.0 Å². The lowest BCUT2D eigenvalue weighted by molar-refractivity contribution is 0.414. The highest BCUT2D eigenvalue weighted by molar-refractivity contribution is 7.91. The molecule has 0 bridgehead atoms. The summed E-state index contributed by atoms with van der Waals surface area (Å²) in [6.45, 7) is 1.87. The van der Waals surface area contributed by atoms with Crippen LogP contribution in [0, 0.1) is 6.92 Å². The molecule has 2 aromatic rings. The normalized spacial score (nSPS) is 11.1. The van der Waals surface area contributed by atoms with Crippen molar-refractivity contribution >= 4 is 15.7 Å². The van der Waals surface area contributed by atoms with Gasteiger partial charge in [-0.25, -0.2) is 8.42 Å². The second-order valence-electron chi connectivity index (χ2n) is 4.52. The number of methoxy groups -OCH3 is 1. The third kappa shape index (κ3) is 3.74. The Hall–Kier alpha value is -2.01. The number of hydrogen-bond acceptors (Lipinski definition) is 3. The first kappa shape index (κ1) is 14.4. The fourth-order valence-electron chi connectivity index (χ4n) is 1.83. The summed E-state index contributed by atoms with van der Waals surface area (Å²) in [5.41, 5.74) is 2.22. The monoisotopic (exact) mass is 291 g/mol. The van der Waals surface area contributed by atoms with E-state index in [1.807, 2.05) is 19.1 Å². The molecule has 0 aliphatic carbocycles. The van der Waals surface area contributed by atoms with Gasteiger partial charge >= 0.3 is 0 Å². The number of sulfonamides is 1. The molecule has 4 nitrogen and oxygen atoms in total. The Morgan fingerprint density at radius 3 is 2.30 bits per heavy atom. The van der Waals surface area contributed by atoms with Crippen LogP contribution < -0.4 is 9.46 Å². The molecule has 0 amide bonds. The fraction of sp³-hybridized carbons (Fsp3) is 0.200. The van der Waals surface area contributed by atoms with E-state index in [0.29, 0.717) is 17.0 Å². The summed E-state index contributed by atoms with van der Waals surface area (Å²) in [7, 11) is -1.85. The van der Waals surface area contributed by atoms with Gasteiger partial charge in [-0.1, -0.05) is 30.3 Å². The Labute approximate surface area is 119 Å². The molecule has 0 atom stereocenters. The Morgan fingerprint density at radius 1 is 1.05 bits per heavy atom. The molecule has 5 heteroatoms. The van der Waals surface area contributed by atoms with Crippen molar-refractivity contribution in [2.24, 2.45) is 0 Å². The summed E-state index contributed by atoms with van der Waals surface area (Å²) in [5.74, 6) is 0.642. The van der Waals surface area contributed by atoms with Crippen LogP contribution in [0.4, 0.5) is 5.69 Å². The maximum Gasteiger partial charge on any atom is 0.236 e. The van der Waals surface area contributed by atoms with E-state index in [1.54, 1.807) is 43.5 Å². The van der Waals surface area contributed by atoms with Gasteiger partial charge in [0, 0.05) is 0 Å². The number of rotatable bonds is 5.